The van der Waals surface area contributed by atoms with E-state index in [1.807, 2.05) is 54.7 Å². The van der Waals surface area contributed by atoms with Crippen molar-refractivity contribution >= 4 is 10.9 Å². The van der Waals surface area contributed by atoms with Crippen molar-refractivity contribution in [3.8, 4) is 23.3 Å². The molecule has 0 aliphatic heterocycles. The van der Waals surface area contributed by atoms with E-state index in [4.69, 9.17) is 4.74 Å². The molecule has 28 heavy (non-hydrogen) atoms. The smallest absolute Gasteiger partial charge is 0.127 e. The number of fused-ring (bicyclic) bond motifs is 1. The molecule has 1 heterocycles. The Kier molecular flexibility index (Phi) is 4.65. The number of hydrogen-bond acceptors (Lipinski definition) is 2. The zero-order valence-electron chi connectivity index (χ0n) is 15.1. The van der Waals surface area contributed by atoms with Gasteiger partial charge in [0.2, 0.25) is 0 Å². The van der Waals surface area contributed by atoms with Crippen molar-refractivity contribution in [1.29, 1.82) is 5.26 Å². The average molecular weight is 368 g/mol. The molecule has 0 saturated heterocycles. The number of allylic oxidation sites excluding steroid dienone is 1. The maximum Gasteiger partial charge on any atom is 0.127 e. The van der Waals surface area contributed by atoms with Gasteiger partial charge in [-0.15, -0.1) is 6.58 Å². The number of hydrogen-bond donors (Lipinski definition) is 0. The minimum atomic E-state index is -0.297. The van der Waals surface area contributed by atoms with E-state index in [0.717, 1.165) is 22.2 Å². The van der Waals surface area contributed by atoms with Crippen LogP contribution in [0, 0.1) is 17.1 Å². The molecule has 0 bridgehead atoms. The highest BCUT2D eigenvalue weighted by Crippen LogP contribution is 2.30. The van der Waals surface area contributed by atoms with Crippen LogP contribution in [0.5, 0.6) is 11.5 Å². The largest absolute Gasteiger partial charge is 0.457 e. The first kappa shape index (κ1) is 17.6. The second-order valence-corrected chi connectivity index (χ2v) is 6.38. The van der Waals surface area contributed by atoms with Crippen molar-refractivity contribution in [2.45, 2.75) is 6.42 Å². The molecule has 4 heteroatoms. The van der Waals surface area contributed by atoms with Gasteiger partial charge in [-0.2, -0.15) is 5.26 Å². The van der Waals surface area contributed by atoms with Gasteiger partial charge in [-0.3, -0.25) is 0 Å². The van der Waals surface area contributed by atoms with E-state index in [2.05, 4.69) is 17.2 Å². The zero-order chi connectivity index (χ0) is 19.5. The maximum atomic E-state index is 13.0. The molecule has 0 amide bonds. The van der Waals surface area contributed by atoms with Crippen molar-refractivity contribution in [3.05, 3.63) is 103 Å². The highest BCUT2D eigenvalue weighted by Gasteiger charge is 2.12. The number of benzene rings is 3. The molecule has 0 atom stereocenters. The molecule has 0 spiro atoms. The Morgan fingerprint density at radius 1 is 1.00 bits per heavy atom. The average Bonchev–Trinajstić information content (AvgIpc) is 3.09. The second-order valence-electron chi connectivity index (χ2n) is 6.38. The molecule has 136 valence electrons. The van der Waals surface area contributed by atoms with Gasteiger partial charge in [0.05, 0.1) is 17.1 Å². The van der Waals surface area contributed by atoms with Crippen molar-refractivity contribution in [3.63, 3.8) is 0 Å². The lowest BCUT2D eigenvalue weighted by Crippen LogP contribution is -1.92. The normalized spacial score (nSPS) is 10.6. The molecular weight excluding hydrogens is 351 g/mol. The zero-order valence-corrected chi connectivity index (χ0v) is 15.1. The van der Waals surface area contributed by atoms with Crippen LogP contribution in [0.15, 0.2) is 85.6 Å². The predicted molar refractivity (Wildman–Crippen MR) is 108 cm³/mol. The van der Waals surface area contributed by atoms with E-state index in [9.17, 15) is 9.65 Å². The minimum Gasteiger partial charge on any atom is -0.457 e. The first-order chi connectivity index (χ1) is 13.7. The van der Waals surface area contributed by atoms with E-state index >= 15 is 0 Å². The van der Waals surface area contributed by atoms with Crippen molar-refractivity contribution in [2.75, 3.05) is 0 Å². The molecular formula is C24H17FN2O. The topological polar surface area (TPSA) is 38.0 Å². The van der Waals surface area contributed by atoms with Crippen molar-refractivity contribution in [1.82, 2.24) is 4.57 Å². The molecule has 0 fully saturated rings. The number of halogens is 1. The predicted octanol–water partition coefficient (Wildman–Crippen LogP) is 6.16. The summed E-state index contributed by atoms with van der Waals surface area (Å²) in [5, 5.41) is 10.4. The quantitative estimate of drug-likeness (QED) is 0.396. The van der Waals surface area contributed by atoms with Crippen LogP contribution in [0.2, 0.25) is 0 Å². The fourth-order valence-electron chi connectivity index (χ4n) is 3.30. The van der Waals surface area contributed by atoms with Crippen LogP contribution in [-0.4, -0.2) is 4.57 Å². The Hall–Kier alpha value is -3.84. The van der Waals surface area contributed by atoms with Crippen LogP contribution in [0.1, 0.15) is 11.1 Å². The number of nitrogens with zero attached hydrogens (tertiary/aromatic N) is 2. The van der Waals surface area contributed by atoms with Crippen LogP contribution < -0.4 is 4.74 Å². The van der Waals surface area contributed by atoms with Gasteiger partial charge in [0, 0.05) is 17.3 Å². The van der Waals surface area contributed by atoms with Crippen LogP contribution in [0.25, 0.3) is 16.6 Å². The molecule has 0 radical (unpaired) electrons. The molecule has 0 unspecified atom stereocenters. The van der Waals surface area contributed by atoms with Gasteiger partial charge in [0.1, 0.15) is 17.3 Å². The lowest BCUT2D eigenvalue weighted by Gasteiger charge is -2.09. The van der Waals surface area contributed by atoms with E-state index in [1.54, 1.807) is 12.1 Å². The van der Waals surface area contributed by atoms with Gasteiger partial charge >= 0.3 is 0 Å². The summed E-state index contributed by atoms with van der Waals surface area (Å²) < 4.78 is 20.8. The molecule has 0 aliphatic carbocycles. The van der Waals surface area contributed by atoms with E-state index < -0.39 is 0 Å². The first-order valence-corrected chi connectivity index (χ1v) is 8.87. The Bertz CT molecular complexity index is 1180. The van der Waals surface area contributed by atoms with Crippen molar-refractivity contribution < 1.29 is 9.13 Å². The molecule has 0 N–H and O–H groups in total. The fraction of sp³-hybridized carbons (Fsp3) is 0.0417. The third-order valence-corrected chi connectivity index (χ3v) is 4.56. The van der Waals surface area contributed by atoms with E-state index in [1.165, 1.54) is 12.1 Å². The van der Waals surface area contributed by atoms with Crippen LogP contribution >= 0.6 is 0 Å². The van der Waals surface area contributed by atoms with Gasteiger partial charge in [-0.1, -0.05) is 12.1 Å². The van der Waals surface area contributed by atoms with Crippen LogP contribution in [0.4, 0.5) is 4.39 Å². The fourth-order valence-corrected chi connectivity index (χ4v) is 3.30. The van der Waals surface area contributed by atoms with Gasteiger partial charge in [-0.05, 0) is 72.6 Å². The maximum absolute atomic E-state index is 13.0. The molecule has 0 aliphatic rings. The Morgan fingerprint density at radius 2 is 1.68 bits per heavy atom. The Balaban J connectivity index is 1.71. The molecule has 1 aromatic heterocycles. The first-order valence-electron chi connectivity index (χ1n) is 8.87. The SMILES string of the molecule is C=CCc1cn(-c2ccc(Oc3ccc(F)cc3)cc2)c2cccc(C#N)c12. The Morgan fingerprint density at radius 3 is 2.32 bits per heavy atom. The minimum absolute atomic E-state index is 0.297. The van der Waals surface area contributed by atoms with E-state index in [-0.39, 0.29) is 5.82 Å². The van der Waals surface area contributed by atoms with Crippen molar-refractivity contribution in [2.24, 2.45) is 0 Å². The number of ether oxygens (including phenoxy) is 1. The summed E-state index contributed by atoms with van der Waals surface area (Å²) in [6, 6.07) is 21.6. The van der Waals surface area contributed by atoms with Crippen LogP contribution in [0.3, 0.4) is 0 Å². The standard InChI is InChI=1S/C24H17FN2O/c1-2-4-18-16-27(23-6-3-5-17(15-26)24(18)23)20-9-13-22(14-10-20)28-21-11-7-19(25)8-12-21/h2-3,5-14,16H,1,4H2. The molecule has 3 nitrogen and oxygen atoms in total. The van der Waals surface area contributed by atoms with Gasteiger partial charge in [0.15, 0.2) is 0 Å². The third kappa shape index (κ3) is 3.26. The molecule has 3 aromatic carbocycles. The Labute approximate surface area is 162 Å². The highest BCUT2D eigenvalue weighted by molar-refractivity contribution is 5.91. The summed E-state index contributed by atoms with van der Waals surface area (Å²) in [5.74, 6) is 0.942. The lowest BCUT2D eigenvalue weighted by atomic mass is 10.1. The lowest BCUT2D eigenvalue weighted by molar-refractivity contribution is 0.480. The number of aromatic nitrogens is 1. The molecule has 4 rings (SSSR count). The second kappa shape index (κ2) is 7.42. The van der Waals surface area contributed by atoms with E-state index in [0.29, 0.717) is 23.5 Å². The van der Waals surface area contributed by atoms with Crippen LogP contribution in [-0.2, 0) is 6.42 Å². The highest BCUT2D eigenvalue weighted by atomic mass is 19.1. The third-order valence-electron chi connectivity index (χ3n) is 4.56. The molecule has 4 aromatic rings. The summed E-state index contributed by atoms with van der Waals surface area (Å²) in [4.78, 5) is 0. The summed E-state index contributed by atoms with van der Waals surface area (Å²) in [5.41, 5.74) is 3.66. The van der Waals surface area contributed by atoms with Gasteiger partial charge < -0.3 is 9.30 Å². The summed E-state index contributed by atoms with van der Waals surface area (Å²) in [7, 11) is 0. The summed E-state index contributed by atoms with van der Waals surface area (Å²) >= 11 is 0. The molecule has 0 saturated carbocycles. The summed E-state index contributed by atoms with van der Waals surface area (Å²) in [6.45, 7) is 3.83. The summed E-state index contributed by atoms with van der Waals surface area (Å²) in [6.07, 6.45) is 4.57. The van der Waals surface area contributed by atoms with Gasteiger partial charge in [-0.25, -0.2) is 4.39 Å². The monoisotopic (exact) mass is 368 g/mol. The van der Waals surface area contributed by atoms with Gasteiger partial charge in [0.25, 0.3) is 0 Å². The number of nitriles is 1. The number of rotatable bonds is 5.